The summed E-state index contributed by atoms with van der Waals surface area (Å²) in [7, 11) is -0.00295. The van der Waals surface area contributed by atoms with Gasteiger partial charge in [0.25, 0.3) is 0 Å². The van der Waals surface area contributed by atoms with Gasteiger partial charge in [0.15, 0.2) is 0 Å². The summed E-state index contributed by atoms with van der Waals surface area (Å²) in [5.41, 5.74) is -0.389. The third-order valence-corrected chi connectivity index (χ3v) is 7.19. The van der Waals surface area contributed by atoms with Crippen molar-refractivity contribution in [2.75, 3.05) is 0 Å². The van der Waals surface area contributed by atoms with Crippen molar-refractivity contribution >= 4 is 18.5 Å². The molecule has 0 amide bonds. The quantitative estimate of drug-likeness (QED) is 0.752. The Balaban J connectivity index is 1.52. The zero-order chi connectivity index (χ0) is 14.8. The summed E-state index contributed by atoms with van der Waals surface area (Å²) in [4.78, 5) is 1.57. The molecule has 0 N–H and O–H groups in total. The number of thiophene rings is 1. The van der Waals surface area contributed by atoms with Gasteiger partial charge in [0.1, 0.15) is 0 Å². The molecule has 0 bridgehead atoms. The molecule has 3 atom stereocenters. The van der Waals surface area contributed by atoms with Crippen molar-refractivity contribution in [2.24, 2.45) is 11.8 Å². The maximum Gasteiger partial charge on any atom is 0.461 e. The summed E-state index contributed by atoms with van der Waals surface area (Å²) >= 11 is 1.92. The highest BCUT2D eigenvalue weighted by atomic mass is 32.1. The third-order valence-electron chi connectivity index (χ3n) is 6.18. The Labute approximate surface area is 132 Å². The monoisotopic (exact) mass is 304 g/mol. The minimum absolute atomic E-state index is 0.00295. The molecule has 2 nitrogen and oxygen atoms in total. The van der Waals surface area contributed by atoms with Crippen LogP contribution in [0.25, 0.3) is 0 Å². The van der Waals surface area contributed by atoms with E-state index in [1.165, 1.54) is 19.3 Å². The van der Waals surface area contributed by atoms with E-state index in [1.54, 1.807) is 4.88 Å². The fraction of sp³-hybridized carbons (Fsp3) is 0.765. The summed E-state index contributed by atoms with van der Waals surface area (Å²) < 4.78 is 12.6. The van der Waals surface area contributed by atoms with Gasteiger partial charge in [-0.05, 0) is 82.0 Å². The lowest BCUT2D eigenvalue weighted by molar-refractivity contribution is 0.00578. The lowest BCUT2D eigenvalue weighted by Crippen LogP contribution is -2.42. The number of rotatable bonds is 3. The highest BCUT2D eigenvalue weighted by Gasteiger charge is 2.61. The molecular formula is C17H25BO2S. The molecule has 21 heavy (non-hydrogen) atoms. The Kier molecular flexibility index (Phi) is 3.12. The molecule has 2 heterocycles. The van der Waals surface area contributed by atoms with Crippen LogP contribution < -0.4 is 0 Å². The maximum absolute atomic E-state index is 6.32. The molecule has 4 rings (SSSR count). The molecule has 2 aliphatic carbocycles. The molecular weight excluding hydrogens is 279 g/mol. The van der Waals surface area contributed by atoms with Gasteiger partial charge in [-0.25, -0.2) is 0 Å². The van der Waals surface area contributed by atoms with Crippen LogP contribution >= 0.6 is 11.3 Å². The molecule has 1 saturated heterocycles. The van der Waals surface area contributed by atoms with Crippen LogP contribution in [0.15, 0.2) is 17.5 Å². The normalized spacial score (nSPS) is 37.5. The average Bonchev–Trinajstić information content (AvgIpc) is 2.95. The summed E-state index contributed by atoms with van der Waals surface area (Å²) in [5.74, 6) is 3.03. The zero-order valence-corrected chi connectivity index (χ0v) is 14.3. The smallest absolute Gasteiger partial charge is 0.403 e. The van der Waals surface area contributed by atoms with Crippen molar-refractivity contribution in [3.05, 3.63) is 22.4 Å². The third kappa shape index (κ3) is 2.22. The van der Waals surface area contributed by atoms with E-state index < -0.39 is 0 Å². The zero-order valence-electron chi connectivity index (χ0n) is 13.5. The Morgan fingerprint density at radius 3 is 2.33 bits per heavy atom. The van der Waals surface area contributed by atoms with Crippen molar-refractivity contribution < 1.29 is 9.31 Å². The van der Waals surface area contributed by atoms with Crippen LogP contribution in [-0.4, -0.2) is 18.3 Å². The van der Waals surface area contributed by atoms with Crippen LogP contribution in [0.3, 0.4) is 0 Å². The van der Waals surface area contributed by atoms with Crippen molar-refractivity contribution in [3.63, 3.8) is 0 Å². The first-order chi connectivity index (χ1) is 9.89. The Bertz CT molecular complexity index is 505. The molecule has 114 valence electrons. The van der Waals surface area contributed by atoms with E-state index in [9.17, 15) is 0 Å². The minimum atomic E-state index is -0.195. The Morgan fingerprint density at radius 2 is 1.81 bits per heavy atom. The lowest BCUT2D eigenvalue weighted by Gasteiger charge is -2.45. The van der Waals surface area contributed by atoms with Crippen LogP contribution in [0.4, 0.5) is 0 Å². The SMILES string of the molecule is CC1(C)OB(C2CC(c3cccs3)[C@@H]2C2CC2)OC1(C)C. The first-order valence-electron chi connectivity index (χ1n) is 8.28. The highest BCUT2D eigenvalue weighted by Crippen LogP contribution is 2.63. The molecule has 0 aromatic carbocycles. The van der Waals surface area contributed by atoms with E-state index in [1.807, 2.05) is 11.3 Å². The summed E-state index contributed by atoms with van der Waals surface area (Å²) in [6.45, 7) is 8.65. The first-order valence-corrected chi connectivity index (χ1v) is 9.16. The fourth-order valence-corrected chi connectivity index (χ4v) is 4.93. The lowest BCUT2D eigenvalue weighted by atomic mass is 9.48. The highest BCUT2D eigenvalue weighted by molar-refractivity contribution is 7.10. The molecule has 3 aliphatic rings. The van der Waals surface area contributed by atoms with Crippen molar-refractivity contribution in [1.29, 1.82) is 0 Å². The predicted octanol–water partition coefficient (Wildman–Crippen LogP) is 4.72. The van der Waals surface area contributed by atoms with Gasteiger partial charge in [-0.15, -0.1) is 11.3 Å². The largest absolute Gasteiger partial charge is 0.461 e. The van der Waals surface area contributed by atoms with Gasteiger partial charge in [0, 0.05) is 4.88 Å². The predicted molar refractivity (Wildman–Crippen MR) is 87.7 cm³/mol. The van der Waals surface area contributed by atoms with E-state index in [4.69, 9.17) is 9.31 Å². The van der Waals surface area contributed by atoms with E-state index in [0.29, 0.717) is 5.82 Å². The second kappa shape index (κ2) is 4.59. The maximum atomic E-state index is 6.32. The van der Waals surface area contributed by atoms with E-state index in [-0.39, 0.29) is 18.3 Å². The van der Waals surface area contributed by atoms with Crippen LogP contribution in [-0.2, 0) is 9.31 Å². The van der Waals surface area contributed by atoms with Gasteiger partial charge < -0.3 is 9.31 Å². The summed E-state index contributed by atoms with van der Waals surface area (Å²) in [6, 6.07) is 4.50. The van der Waals surface area contributed by atoms with Gasteiger partial charge >= 0.3 is 7.12 Å². The van der Waals surface area contributed by atoms with Crippen LogP contribution in [0, 0.1) is 11.8 Å². The van der Waals surface area contributed by atoms with Gasteiger partial charge in [-0.1, -0.05) is 6.07 Å². The molecule has 4 heteroatoms. The summed E-state index contributed by atoms with van der Waals surface area (Å²) in [6.07, 6.45) is 4.05. The Hall–Kier alpha value is -0.315. The second-order valence-corrected chi connectivity index (χ2v) is 9.04. The van der Waals surface area contributed by atoms with Gasteiger partial charge in [0.05, 0.1) is 11.2 Å². The summed E-state index contributed by atoms with van der Waals surface area (Å²) in [5, 5.41) is 2.21. The van der Waals surface area contributed by atoms with Crippen LogP contribution in [0.1, 0.15) is 57.8 Å². The molecule has 3 fully saturated rings. The van der Waals surface area contributed by atoms with Crippen molar-refractivity contribution in [3.8, 4) is 0 Å². The van der Waals surface area contributed by atoms with E-state index in [0.717, 1.165) is 17.8 Å². The van der Waals surface area contributed by atoms with Crippen LogP contribution in [0.2, 0.25) is 5.82 Å². The molecule has 2 unspecified atom stereocenters. The van der Waals surface area contributed by atoms with Crippen molar-refractivity contribution in [2.45, 2.75) is 69.9 Å². The van der Waals surface area contributed by atoms with Crippen molar-refractivity contribution in [1.82, 2.24) is 0 Å². The molecule has 0 spiro atoms. The topological polar surface area (TPSA) is 18.5 Å². The first kappa shape index (κ1) is 14.3. The molecule has 1 aromatic rings. The molecule has 1 aromatic heterocycles. The second-order valence-electron chi connectivity index (χ2n) is 8.06. The Morgan fingerprint density at radius 1 is 1.14 bits per heavy atom. The van der Waals surface area contributed by atoms with E-state index in [2.05, 4.69) is 45.2 Å². The van der Waals surface area contributed by atoms with Gasteiger partial charge in [0.2, 0.25) is 0 Å². The van der Waals surface area contributed by atoms with Crippen LogP contribution in [0.5, 0.6) is 0 Å². The van der Waals surface area contributed by atoms with E-state index >= 15 is 0 Å². The average molecular weight is 304 g/mol. The number of hydrogen-bond donors (Lipinski definition) is 0. The number of hydrogen-bond acceptors (Lipinski definition) is 3. The molecule has 1 aliphatic heterocycles. The standard InChI is InChI=1S/C17H25BO2S/c1-16(2)17(3,4)20-18(19-16)13-10-12(14-6-5-9-21-14)15(13)11-7-8-11/h5-6,9,11-13,15H,7-8,10H2,1-4H3/t12?,13?,15-/m0/s1. The molecule has 0 radical (unpaired) electrons. The molecule has 2 saturated carbocycles. The minimum Gasteiger partial charge on any atom is -0.403 e. The fourth-order valence-electron chi connectivity index (χ4n) is 4.03. The van der Waals surface area contributed by atoms with Gasteiger partial charge in [-0.2, -0.15) is 0 Å². The van der Waals surface area contributed by atoms with Gasteiger partial charge in [-0.3, -0.25) is 0 Å².